The van der Waals surface area contributed by atoms with Crippen LogP contribution >= 0.6 is 11.6 Å². The first-order valence-electron chi connectivity index (χ1n) is 2.57. The first-order chi connectivity index (χ1) is 3.72. The SMILES string of the molecule is CC(CO)C(O)CCl. The van der Waals surface area contributed by atoms with Crippen molar-refractivity contribution in [1.82, 2.24) is 0 Å². The van der Waals surface area contributed by atoms with E-state index in [1.165, 1.54) is 0 Å². The second kappa shape index (κ2) is 4.13. The highest BCUT2D eigenvalue weighted by molar-refractivity contribution is 6.18. The van der Waals surface area contributed by atoms with E-state index in [1.807, 2.05) is 0 Å². The van der Waals surface area contributed by atoms with Gasteiger partial charge in [-0.25, -0.2) is 0 Å². The molecule has 0 spiro atoms. The molecule has 0 radical (unpaired) electrons. The van der Waals surface area contributed by atoms with E-state index >= 15 is 0 Å². The van der Waals surface area contributed by atoms with Crippen molar-refractivity contribution in [2.45, 2.75) is 13.0 Å². The molecule has 2 unspecified atom stereocenters. The van der Waals surface area contributed by atoms with Crippen LogP contribution in [-0.2, 0) is 0 Å². The topological polar surface area (TPSA) is 40.5 Å². The van der Waals surface area contributed by atoms with Crippen LogP contribution < -0.4 is 0 Å². The number of hydrogen-bond acceptors (Lipinski definition) is 2. The van der Waals surface area contributed by atoms with Gasteiger partial charge in [0.05, 0.1) is 6.10 Å². The number of halogens is 1. The van der Waals surface area contributed by atoms with E-state index in [0.29, 0.717) is 0 Å². The smallest absolute Gasteiger partial charge is 0.0722 e. The molecule has 0 fully saturated rings. The molecule has 0 saturated carbocycles. The molecule has 0 rings (SSSR count). The average Bonchev–Trinajstić information content (AvgIpc) is 1.84. The zero-order chi connectivity index (χ0) is 6.57. The second-order valence-electron chi connectivity index (χ2n) is 1.88. The van der Waals surface area contributed by atoms with Gasteiger partial charge in [-0.1, -0.05) is 6.92 Å². The summed E-state index contributed by atoms with van der Waals surface area (Å²) in [5, 5.41) is 17.3. The van der Waals surface area contributed by atoms with Crippen LogP contribution in [0.2, 0.25) is 0 Å². The monoisotopic (exact) mass is 138 g/mol. The van der Waals surface area contributed by atoms with Crippen molar-refractivity contribution < 1.29 is 10.2 Å². The maximum atomic E-state index is 8.83. The first-order valence-corrected chi connectivity index (χ1v) is 3.10. The molecular weight excluding hydrogens is 128 g/mol. The Morgan fingerprint density at radius 3 is 2.25 bits per heavy atom. The lowest BCUT2D eigenvalue weighted by atomic mass is 10.1. The summed E-state index contributed by atoms with van der Waals surface area (Å²) < 4.78 is 0. The van der Waals surface area contributed by atoms with Crippen LogP contribution in [0.15, 0.2) is 0 Å². The zero-order valence-corrected chi connectivity index (χ0v) is 5.60. The van der Waals surface area contributed by atoms with E-state index in [4.69, 9.17) is 21.8 Å². The van der Waals surface area contributed by atoms with Crippen molar-refractivity contribution in [3.63, 3.8) is 0 Å². The van der Waals surface area contributed by atoms with Gasteiger partial charge in [0.25, 0.3) is 0 Å². The summed E-state index contributed by atoms with van der Waals surface area (Å²) in [6, 6.07) is 0. The molecule has 50 valence electrons. The number of hydrogen-bond donors (Lipinski definition) is 2. The van der Waals surface area contributed by atoms with Gasteiger partial charge < -0.3 is 10.2 Å². The van der Waals surface area contributed by atoms with Gasteiger partial charge in [-0.05, 0) is 0 Å². The minimum absolute atomic E-state index is 0.00606. The number of alkyl halides is 1. The Bertz CT molecular complexity index is 50.4. The lowest BCUT2D eigenvalue weighted by molar-refractivity contribution is 0.0937. The van der Waals surface area contributed by atoms with E-state index < -0.39 is 6.10 Å². The molecule has 2 nitrogen and oxygen atoms in total. The number of aliphatic hydroxyl groups is 2. The second-order valence-corrected chi connectivity index (χ2v) is 2.19. The van der Waals surface area contributed by atoms with E-state index in [9.17, 15) is 0 Å². The zero-order valence-electron chi connectivity index (χ0n) is 4.84. The Labute approximate surface area is 54.1 Å². The molecule has 3 heteroatoms. The molecule has 0 amide bonds. The lowest BCUT2D eigenvalue weighted by Gasteiger charge is -2.11. The number of rotatable bonds is 3. The van der Waals surface area contributed by atoms with Gasteiger partial charge in [-0.15, -0.1) is 11.6 Å². The molecule has 0 aromatic rings. The van der Waals surface area contributed by atoms with Gasteiger partial charge >= 0.3 is 0 Å². The summed E-state index contributed by atoms with van der Waals surface area (Å²) in [6.07, 6.45) is -0.568. The Morgan fingerprint density at radius 1 is 1.62 bits per heavy atom. The first kappa shape index (κ1) is 8.21. The van der Waals surface area contributed by atoms with Crippen molar-refractivity contribution in [3.05, 3.63) is 0 Å². The molecular formula is C5H11ClO2. The molecule has 8 heavy (non-hydrogen) atoms. The summed E-state index contributed by atoms with van der Waals surface area (Å²) in [6.45, 7) is 1.74. The van der Waals surface area contributed by atoms with Gasteiger partial charge in [-0.2, -0.15) is 0 Å². The fraction of sp³-hybridized carbons (Fsp3) is 1.00. The molecule has 0 saturated heterocycles. The molecule has 2 N–H and O–H groups in total. The third kappa shape index (κ3) is 2.50. The Balaban J connectivity index is 3.29. The minimum Gasteiger partial charge on any atom is -0.396 e. The third-order valence-electron chi connectivity index (χ3n) is 1.10. The average molecular weight is 139 g/mol. The minimum atomic E-state index is -0.568. The molecule has 0 bridgehead atoms. The standard InChI is InChI=1S/C5H11ClO2/c1-4(3-7)5(8)2-6/h4-5,7-8H,2-3H2,1H3. The van der Waals surface area contributed by atoms with Gasteiger partial charge in [0, 0.05) is 18.4 Å². The Hall–Kier alpha value is 0.210. The summed E-state index contributed by atoms with van der Waals surface area (Å²) in [7, 11) is 0. The molecule has 0 aromatic carbocycles. The van der Waals surface area contributed by atoms with Crippen LogP contribution in [0.4, 0.5) is 0 Å². The van der Waals surface area contributed by atoms with Crippen LogP contribution in [0, 0.1) is 5.92 Å². The van der Waals surface area contributed by atoms with Crippen molar-refractivity contribution >= 4 is 11.6 Å². The van der Waals surface area contributed by atoms with Crippen LogP contribution in [0.25, 0.3) is 0 Å². The van der Waals surface area contributed by atoms with Crippen molar-refractivity contribution in [2.75, 3.05) is 12.5 Å². The van der Waals surface area contributed by atoms with Gasteiger partial charge in [-0.3, -0.25) is 0 Å². The van der Waals surface area contributed by atoms with E-state index in [2.05, 4.69) is 0 Å². The third-order valence-corrected chi connectivity index (χ3v) is 1.42. The van der Waals surface area contributed by atoms with Crippen molar-refractivity contribution in [2.24, 2.45) is 5.92 Å². The van der Waals surface area contributed by atoms with E-state index in [0.717, 1.165) is 0 Å². The van der Waals surface area contributed by atoms with E-state index in [1.54, 1.807) is 6.92 Å². The highest BCUT2D eigenvalue weighted by Crippen LogP contribution is 2.01. The summed E-state index contributed by atoms with van der Waals surface area (Å²) in [5.74, 6) is 0.0920. The van der Waals surface area contributed by atoms with E-state index in [-0.39, 0.29) is 18.4 Å². The molecule has 0 heterocycles. The normalized spacial score (nSPS) is 18.0. The Kier molecular flexibility index (Phi) is 4.23. The van der Waals surface area contributed by atoms with Gasteiger partial charge in [0.2, 0.25) is 0 Å². The number of aliphatic hydroxyl groups excluding tert-OH is 2. The van der Waals surface area contributed by atoms with Gasteiger partial charge in [0.15, 0.2) is 0 Å². The lowest BCUT2D eigenvalue weighted by Crippen LogP contribution is -2.21. The summed E-state index contributed by atoms with van der Waals surface area (Å²) >= 11 is 5.26. The van der Waals surface area contributed by atoms with Crippen LogP contribution in [0.5, 0.6) is 0 Å². The quantitative estimate of drug-likeness (QED) is 0.548. The molecule has 0 aliphatic heterocycles. The van der Waals surface area contributed by atoms with Crippen molar-refractivity contribution in [1.29, 1.82) is 0 Å². The molecule has 0 aromatic heterocycles. The van der Waals surface area contributed by atoms with Crippen molar-refractivity contribution in [3.8, 4) is 0 Å². The molecule has 0 aliphatic carbocycles. The maximum Gasteiger partial charge on any atom is 0.0722 e. The van der Waals surface area contributed by atoms with Crippen LogP contribution in [-0.4, -0.2) is 28.8 Å². The summed E-state index contributed by atoms with van der Waals surface area (Å²) in [5.41, 5.74) is 0. The summed E-state index contributed by atoms with van der Waals surface area (Å²) in [4.78, 5) is 0. The predicted molar refractivity (Wildman–Crippen MR) is 33.0 cm³/mol. The highest BCUT2D eigenvalue weighted by Gasteiger charge is 2.10. The molecule has 0 aliphatic rings. The fourth-order valence-corrected chi connectivity index (χ4v) is 0.578. The largest absolute Gasteiger partial charge is 0.396 e. The fourth-order valence-electron chi connectivity index (χ4n) is 0.274. The van der Waals surface area contributed by atoms with Crippen LogP contribution in [0.1, 0.15) is 6.92 Å². The predicted octanol–water partition coefficient (Wildman–Crippen LogP) is 0.215. The molecule has 2 atom stereocenters. The van der Waals surface area contributed by atoms with Crippen LogP contribution in [0.3, 0.4) is 0 Å². The Morgan fingerprint density at radius 2 is 2.12 bits per heavy atom. The maximum absolute atomic E-state index is 8.83. The van der Waals surface area contributed by atoms with Gasteiger partial charge in [0.1, 0.15) is 0 Å². The highest BCUT2D eigenvalue weighted by atomic mass is 35.5.